The second kappa shape index (κ2) is 37.9. The Hall–Kier alpha value is -0.0200. The first-order chi connectivity index (χ1) is 7.33. The Morgan fingerprint density at radius 3 is 1.04 bits per heavy atom. The SMILES string of the molecule is C.CN=C(N)NC(=N)N.CN=C(N)NC(=N)N.Cl.O.[Cl-].[Na+].[Na+].[OH-]. The molecular weight excluding hydrogens is 373 g/mol. The quantitative estimate of drug-likeness (QED) is 0.111. The van der Waals surface area contributed by atoms with E-state index in [-0.39, 0.29) is 126 Å². The Kier molecular flexibility index (Phi) is 93.6. The van der Waals surface area contributed by atoms with Gasteiger partial charge in [0, 0.05) is 14.1 Å². The van der Waals surface area contributed by atoms with Gasteiger partial charge in [-0.05, 0) is 0 Å². The molecule has 0 unspecified atom stereocenters. The van der Waals surface area contributed by atoms with E-state index in [4.69, 9.17) is 33.8 Å². The predicted octanol–water partition coefficient (Wildman–Crippen LogP) is -12.1. The first-order valence-electron chi connectivity index (χ1n) is 4.00. The van der Waals surface area contributed by atoms with Gasteiger partial charge in [-0.3, -0.25) is 31.4 Å². The van der Waals surface area contributed by atoms with E-state index in [1.807, 2.05) is 0 Å². The summed E-state index contributed by atoms with van der Waals surface area (Å²) in [5.41, 5.74) is 19.9. The fourth-order valence-corrected chi connectivity index (χ4v) is 0.388. The third-order valence-electron chi connectivity index (χ3n) is 1.01. The van der Waals surface area contributed by atoms with Gasteiger partial charge in [0.1, 0.15) is 0 Å². The molecule has 0 radical (unpaired) electrons. The smallest absolute Gasteiger partial charge is 1.00 e. The average Bonchev–Trinajstić information content (AvgIpc) is 2.16. The van der Waals surface area contributed by atoms with Crippen molar-refractivity contribution in [3.63, 3.8) is 0 Å². The molecule has 0 amide bonds. The van der Waals surface area contributed by atoms with E-state index in [9.17, 15) is 0 Å². The van der Waals surface area contributed by atoms with Gasteiger partial charge in [0.25, 0.3) is 0 Å². The Morgan fingerprint density at radius 1 is 0.826 bits per heavy atom. The molecule has 0 saturated carbocycles. The normalized spacial score (nSPS) is 7.57. The molecular formula is C7H26Cl2N10Na2O2. The summed E-state index contributed by atoms with van der Waals surface area (Å²) in [6.07, 6.45) is 0. The zero-order valence-electron chi connectivity index (χ0n) is 12.9. The van der Waals surface area contributed by atoms with Gasteiger partial charge in [-0.25, -0.2) is 0 Å². The number of nitrogens with zero attached hydrogens (tertiary/aromatic N) is 2. The second-order valence-corrected chi connectivity index (χ2v) is 2.30. The van der Waals surface area contributed by atoms with Crippen molar-refractivity contribution >= 4 is 36.2 Å². The van der Waals surface area contributed by atoms with Crippen LogP contribution >= 0.6 is 12.4 Å². The van der Waals surface area contributed by atoms with Crippen molar-refractivity contribution in [1.82, 2.24) is 10.6 Å². The van der Waals surface area contributed by atoms with Crippen LogP contribution in [0.2, 0.25) is 0 Å². The molecule has 0 saturated heterocycles. The zero-order chi connectivity index (χ0) is 13.1. The Bertz CT molecular complexity index is 290. The fourth-order valence-electron chi connectivity index (χ4n) is 0.388. The molecule has 0 fully saturated rings. The summed E-state index contributed by atoms with van der Waals surface area (Å²) in [5.74, 6) is -0.101. The van der Waals surface area contributed by atoms with Crippen LogP contribution in [-0.2, 0) is 0 Å². The van der Waals surface area contributed by atoms with Crippen LogP contribution in [0.25, 0.3) is 0 Å². The van der Waals surface area contributed by atoms with E-state index in [0.717, 1.165) is 0 Å². The van der Waals surface area contributed by atoms with E-state index >= 15 is 0 Å². The van der Waals surface area contributed by atoms with Crippen LogP contribution in [0.15, 0.2) is 9.98 Å². The van der Waals surface area contributed by atoms with Crippen molar-refractivity contribution in [3.05, 3.63) is 0 Å². The van der Waals surface area contributed by atoms with Gasteiger partial charge in [0.15, 0.2) is 23.8 Å². The molecule has 15 N–H and O–H groups in total. The minimum absolute atomic E-state index is 0. The van der Waals surface area contributed by atoms with Crippen LogP contribution in [0.4, 0.5) is 0 Å². The van der Waals surface area contributed by atoms with Crippen molar-refractivity contribution in [2.45, 2.75) is 7.43 Å². The minimum Gasteiger partial charge on any atom is -1.00 e. The molecule has 0 bridgehead atoms. The monoisotopic (exact) mass is 398 g/mol. The number of guanidine groups is 4. The van der Waals surface area contributed by atoms with Crippen molar-refractivity contribution in [1.29, 1.82) is 10.8 Å². The maximum atomic E-state index is 6.63. The van der Waals surface area contributed by atoms with Crippen molar-refractivity contribution in [3.8, 4) is 0 Å². The van der Waals surface area contributed by atoms with E-state index in [1.165, 1.54) is 14.1 Å². The fraction of sp³-hybridized carbons (Fsp3) is 0.429. The predicted molar refractivity (Wildman–Crippen MR) is 84.7 cm³/mol. The summed E-state index contributed by atoms with van der Waals surface area (Å²) in [7, 11) is 3.01. The van der Waals surface area contributed by atoms with Gasteiger partial charge in [-0.1, -0.05) is 7.43 Å². The number of nitrogens with two attached hydrogens (primary N) is 4. The van der Waals surface area contributed by atoms with E-state index in [1.54, 1.807) is 0 Å². The van der Waals surface area contributed by atoms with Gasteiger partial charge >= 0.3 is 59.1 Å². The maximum Gasteiger partial charge on any atom is 1.00 e. The molecule has 0 rings (SSSR count). The summed E-state index contributed by atoms with van der Waals surface area (Å²) in [5, 5.41) is 17.8. The topological polar surface area (TPSA) is 262 Å². The molecule has 16 heteroatoms. The van der Waals surface area contributed by atoms with Crippen molar-refractivity contribution in [2.24, 2.45) is 32.9 Å². The minimum atomic E-state index is -0.201. The molecule has 0 aliphatic heterocycles. The largest absolute Gasteiger partial charge is 1.00 e. The number of aliphatic imine (C=N–C) groups is 2. The summed E-state index contributed by atoms with van der Waals surface area (Å²) in [6.45, 7) is 0. The Labute approximate surface area is 193 Å². The molecule has 0 aliphatic carbocycles. The van der Waals surface area contributed by atoms with E-state index < -0.39 is 0 Å². The Balaban J connectivity index is -0.0000000187. The van der Waals surface area contributed by atoms with E-state index in [0.29, 0.717) is 0 Å². The molecule has 0 aliphatic rings. The van der Waals surface area contributed by atoms with Crippen LogP contribution in [0, 0.1) is 10.8 Å². The molecule has 0 atom stereocenters. The molecule has 0 aromatic rings. The van der Waals surface area contributed by atoms with Crippen LogP contribution in [-0.4, -0.2) is 48.9 Å². The first-order valence-corrected chi connectivity index (χ1v) is 4.00. The van der Waals surface area contributed by atoms with Crippen LogP contribution in [0.5, 0.6) is 0 Å². The number of nitrogens with one attached hydrogen (secondary N) is 4. The molecule has 0 aromatic heterocycles. The van der Waals surface area contributed by atoms with E-state index in [2.05, 4.69) is 20.6 Å². The third-order valence-corrected chi connectivity index (χ3v) is 1.01. The summed E-state index contributed by atoms with van der Waals surface area (Å²) < 4.78 is 0. The Morgan fingerprint density at radius 2 is 1.00 bits per heavy atom. The molecule has 132 valence electrons. The van der Waals surface area contributed by atoms with Gasteiger partial charge in [0.05, 0.1) is 0 Å². The van der Waals surface area contributed by atoms with Crippen LogP contribution < -0.4 is 105 Å². The van der Waals surface area contributed by atoms with Gasteiger partial charge in [-0.15, -0.1) is 12.4 Å². The molecule has 0 heterocycles. The maximum absolute atomic E-state index is 6.63. The average molecular weight is 399 g/mol. The molecule has 0 aromatic carbocycles. The molecule has 12 nitrogen and oxygen atoms in total. The number of rotatable bonds is 0. The van der Waals surface area contributed by atoms with Gasteiger partial charge in [-0.2, -0.15) is 0 Å². The standard InChI is InChI=1S/2C3H9N5.CH4.2ClH.2Na.2H2O/c2*1-7-3(6)8-2(4)5;;;;;;;/h2*1H3,(H6,4,5,6,7,8);1H4;2*1H;;;2*1H2/q;;;;;2*+1;;/p-2. The van der Waals surface area contributed by atoms with Gasteiger partial charge in [0.2, 0.25) is 0 Å². The summed E-state index contributed by atoms with van der Waals surface area (Å²) in [4.78, 5) is 6.98. The van der Waals surface area contributed by atoms with Crippen LogP contribution in [0.1, 0.15) is 7.43 Å². The van der Waals surface area contributed by atoms with Gasteiger partial charge < -0.3 is 46.3 Å². The second-order valence-electron chi connectivity index (χ2n) is 2.30. The van der Waals surface area contributed by atoms with Crippen LogP contribution in [0.3, 0.4) is 0 Å². The zero-order valence-corrected chi connectivity index (χ0v) is 18.5. The summed E-state index contributed by atoms with van der Waals surface area (Å²) in [6, 6.07) is 0. The third kappa shape index (κ3) is 61.1. The first kappa shape index (κ1) is 56.8. The molecule has 0 spiro atoms. The number of hydrogen-bond donors (Lipinski definition) is 8. The number of hydrogen-bond acceptors (Lipinski definition) is 5. The van der Waals surface area contributed by atoms with Crippen molar-refractivity contribution in [2.75, 3.05) is 14.1 Å². The summed E-state index contributed by atoms with van der Waals surface area (Å²) >= 11 is 0. The molecule has 23 heavy (non-hydrogen) atoms. The van der Waals surface area contributed by atoms with Crippen molar-refractivity contribution < 1.29 is 82.5 Å². The number of halogens is 2.